The summed E-state index contributed by atoms with van der Waals surface area (Å²) in [6.45, 7) is 8.89. The zero-order valence-electron chi connectivity index (χ0n) is 19.9. The SMILES string of the molecule is CCCCCC[S-].CCCCCC[S-].CCCCCC[S-].CCCCC[CH2][Sn+3]. The second-order valence-corrected chi connectivity index (χ2v) is 9.76. The molecule has 0 aromatic rings. The second-order valence-electron chi connectivity index (χ2n) is 7.11. The first-order valence-corrected chi connectivity index (χ1v) is 15.8. The second kappa shape index (κ2) is 46.9. The molecule has 0 atom stereocenters. The van der Waals surface area contributed by atoms with Crippen LogP contribution < -0.4 is 0 Å². The topological polar surface area (TPSA) is 0 Å². The fraction of sp³-hybridized carbons (Fsp3) is 1.00. The quantitative estimate of drug-likeness (QED) is 0.107. The van der Waals surface area contributed by atoms with Crippen LogP contribution in [0.25, 0.3) is 0 Å². The Kier molecular flexibility index (Phi) is 62.2. The molecule has 0 rings (SSSR count). The van der Waals surface area contributed by atoms with Gasteiger partial charge in [0.1, 0.15) is 0 Å². The summed E-state index contributed by atoms with van der Waals surface area (Å²) in [6.07, 6.45) is 21.5. The molecular formula is C24H52S3Sn. The van der Waals surface area contributed by atoms with Crippen molar-refractivity contribution in [3.8, 4) is 0 Å². The van der Waals surface area contributed by atoms with Gasteiger partial charge in [-0.2, -0.15) is 17.3 Å². The number of rotatable bonds is 16. The molecule has 170 valence electrons. The van der Waals surface area contributed by atoms with Crippen molar-refractivity contribution >= 4 is 60.4 Å². The Balaban J connectivity index is -0.000000137. The van der Waals surface area contributed by atoms with Crippen molar-refractivity contribution in [2.24, 2.45) is 0 Å². The maximum absolute atomic E-state index is 4.77. The standard InChI is InChI=1S/3C6H14S.C6H13.Sn/c3*1-2-3-4-5-6-7;1-3-5-6-4-2;/h3*7H,2-6H2,1H3;1,3-6H2,2H3;/q;;;;+3/p-3. The summed E-state index contributed by atoms with van der Waals surface area (Å²) in [7, 11) is 0. The van der Waals surface area contributed by atoms with Gasteiger partial charge in [0.25, 0.3) is 0 Å². The van der Waals surface area contributed by atoms with E-state index < -0.39 is 0 Å². The zero-order valence-corrected chi connectivity index (χ0v) is 25.2. The predicted molar refractivity (Wildman–Crippen MR) is 144 cm³/mol. The minimum atomic E-state index is 0.944. The van der Waals surface area contributed by atoms with Gasteiger partial charge in [0, 0.05) is 0 Å². The molecule has 0 bridgehead atoms. The molecular weight excluding hydrogens is 503 g/mol. The molecule has 0 unspecified atom stereocenters. The third-order valence-electron chi connectivity index (χ3n) is 4.02. The van der Waals surface area contributed by atoms with E-state index in [-0.39, 0.29) is 0 Å². The summed E-state index contributed by atoms with van der Waals surface area (Å²) in [5, 5.41) is 0. The van der Waals surface area contributed by atoms with E-state index in [9.17, 15) is 0 Å². The molecule has 0 N–H and O–H groups in total. The Morgan fingerprint density at radius 2 is 0.643 bits per heavy atom. The molecule has 0 aromatic carbocycles. The average Bonchev–Trinajstić information content (AvgIpc) is 2.71. The Morgan fingerprint density at radius 1 is 0.393 bits per heavy atom. The normalized spacial score (nSPS) is 9.46. The number of unbranched alkanes of at least 4 members (excludes halogenated alkanes) is 12. The van der Waals surface area contributed by atoms with Gasteiger partial charge in [-0.15, -0.1) is 0 Å². The first-order chi connectivity index (χ1) is 13.7. The van der Waals surface area contributed by atoms with Crippen molar-refractivity contribution in [2.45, 2.75) is 135 Å². The molecule has 0 aliphatic carbocycles. The van der Waals surface area contributed by atoms with Crippen LogP contribution in [0.3, 0.4) is 0 Å². The van der Waals surface area contributed by atoms with Gasteiger partial charge in [-0.1, -0.05) is 97.8 Å². The van der Waals surface area contributed by atoms with E-state index in [2.05, 4.69) is 27.7 Å². The van der Waals surface area contributed by atoms with Crippen LogP contribution in [0.4, 0.5) is 0 Å². The summed E-state index contributed by atoms with van der Waals surface area (Å²) in [6, 6.07) is 0. The average molecular weight is 556 g/mol. The molecule has 0 radical (unpaired) electrons. The molecule has 0 aliphatic rings. The molecule has 0 nitrogen and oxygen atoms in total. The van der Waals surface area contributed by atoms with Crippen molar-refractivity contribution in [1.29, 1.82) is 0 Å². The van der Waals surface area contributed by atoms with Gasteiger partial charge in [-0.25, -0.2) is 0 Å². The molecule has 28 heavy (non-hydrogen) atoms. The van der Waals surface area contributed by atoms with Crippen LogP contribution in [-0.2, 0) is 37.9 Å². The zero-order chi connectivity index (χ0) is 22.1. The number of hydrogen-bond acceptors (Lipinski definition) is 3. The fourth-order valence-electron chi connectivity index (χ4n) is 2.14. The third-order valence-corrected chi connectivity index (χ3v) is 5.90. The molecule has 0 fully saturated rings. The Bertz CT molecular complexity index is 137. The Morgan fingerprint density at radius 3 is 0.821 bits per heavy atom. The molecule has 4 heteroatoms. The van der Waals surface area contributed by atoms with Gasteiger partial charge in [-0.05, 0) is 0 Å². The summed E-state index contributed by atoms with van der Waals surface area (Å²) in [4.78, 5) is 0. The molecule has 0 heterocycles. The van der Waals surface area contributed by atoms with Crippen LogP contribution in [0.5, 0.6) is 0 Å². The molecule has 0 aromatic heterocycles. The van der Waals surface area contributed by atoms with Gasteiger partial charge >= 0.3 is 59.6 Å². The summed E-state index contributed by atoms with van der Waals surface area (Å²) < 4.78 is 1.45. The molecule has 0 saturated heterocycles. The van der Waals surface area contributed by atoms with E-state index in [1.807, 2.05) is 0 Å². The van der Waals surface area contributed by atoms with Crippen LogP contribution in [0, 0.1) is 0 Å². The van der Waals surface area contributed by atoms with E-state index in [0.717, 1.165) is 17.3 Å². The Hall–Kier alpha value is 1.85. The fourth-order valence-corrected chi connectivity index (χ4v) is 3.46. The van der Waals surface area contributed by atoms with Crippen molar-refractivity contribution in [3.05, 3.63) is 0 Å². The third kappa shape index (κ3) is 63.0. The maximum atomic E-state index is 4.77. The first-order valence-electron chi connectivity index (χ1n) is 12.0. The van der Waals surface area contributed by atoms with Crippen LogP contribution >= 0.6 is 0 Å². The van der Waals surface area contributed by atoms with Crippen LogP contribution in [0.2, 0.25) is 4.44 Å². The summed E-state index contributed by atoms with van der Waals surface area (Å²) in [5.41, 5.74) is 0. The predicted octanol–water partition coefficient (Wildman–Crippen LogP) is 8.49. The van der Waals surface area contributed by atoms with Gasteiger partial charge in [0.2, 0.25) is 0 Å². The molecule has 0 saturated carbocycles. The summed E-state index contributed by atoms with van der Waals surface area (Å²) in [5.74, 6) is 2.83. The van der Waals surface area contributed by atoms with Gasteiger partial charge in [0.15, 0.2) is 0 Å². The van der Waals surface area contributed by atoms with Crippen molar-refractivity contribution in [3.63, 3.8) is 0 Å². The van der Waals surface area contributed by atoms with Gasteiger partial charge in [-0.3, -0.25) is 0 Å². The van der Waals surface area contributed by atoms with Gasteiger partial charge in [0.05, 0.1) is 0 Å². The molecule has 0 spiro atoms. The van der Waals surface area contributed by atoms with Gasteiger partial charge < -0.3 is 37.9 Å². The monoisotopic (exact) mass is 556 g/mol. The van der Waals surface area contributed by atoms with Crippen LogP contribution in [0.1, 0.15) is 130 Å². The van der Waals surface area contributed by atoms with Crippen molar-refractivity contribution < 1.29 is 0 Å². The van der Waals surface area contributed by atoms with Crippen molar-refractivity contribution in [1.82, 2.24) is 0 Å². The van der Waals surface area contributed by atoms with E-state index in [1.165, 1.54) is 107 Å². The van der Waals surface area contributed by atoms with E-state index in [4.69, 9.17) is 37.9 Å². The first kappa shape index (κ1) is 37.2. The summed E-state index contributed by atoms with van der Waals surface area (Å²) >= 11 is 16.0. The molecule has 0 amide bonds. The Labute approximate surface area is 211 Å². The van der Waals surface area contributed by atoms with E-state index in [0.29, 0.717) is 0 Å². The van der Waals surface area contributed by atoms with E-state index in [1.54, 1.807) is 22.5 Å². The van der Waals surface area contributed by atoms with Crippen molar-refractivity contribution in [2.75, 3.05) is 17.3 Å². The van der Waals surface area contributed by atoms with E-state index >= 15 is 0 Å². The van der Waals surface area contributed by atoms with Crippen LogP contribution in [0.15, 0.2) is 0 Å². The van der Waals surface area contributed by atoms with Crippen LogP contribution in [-0.4, -0.2) is 39.8 Å². The number of hydrogen-bond donors (Lipinski definition) is 0. The molecule has 0 aliphatic heterocycles. The minimum absolute atomic E-state index is 0.944.